The summed E-state index contributed by atoms with van der Waals surface area (Å²) in [5.41, 5.74) is 19.0. The van der Waals surface area contributed by atoms with Gasteiger partial charge in [0.1, 0.15) is 5.58 Å². The Morgan fingerprint density at radius 2 is 1.25 bits per heavy atom. The van der Waals surface area contributed by atoms with E-state index in [1.807, 2.05) is 12.1 Å². The Morgan fingerprint density at radius 3 is 1.91 bits per heavy atom. The quantitative estimate of drug-likeness (QED) is 0.112. The monoisotopic (exact) mass is 1200 g/mol. The van der Waals surface area contributed by atoms with Crippen LogP contribution >= 0.6 is 0 Å². The smallest absolute Gasteiger partial charge is 0.121 e. The van der Waals surface area contributed by atoms with E-state index in [4.69, 9.17) is 14.4 Å². The molecule has 13 rings (SSSR count). The van der Waals surface area contributed by atoms with Crippen LogP contribution in [0.5, 0.6) is 0 Å². The van der Waals surface area contributed by atoms with Crippen molar-refractivity contribution in [2.75, 3.05) is 0 Å². The number of rotatable bonds is 8. The van der Waals surface area contributed by atoms with Crippen LogP contribution in [0.25, 0.3) is 94.7 Å². The minimum atomic E-state index is -1.34. The predicted octanol–water partition coefficient (Wildman–Crippen LogP) is 18.8. The number of halogens is 1. The topological polar surface area (TPSA) is 43.9 Å². The molecule has 1 radical (unpaired) electrons. The molecular weight excluding hydrogens is 1140 g/mol. The van der Waals surface area contributed by atoms with Gasteiger partial charge in [-0.05, 0) is 115 Å². The van der Waals surface area contributed by atoms with Gasteiger partial charge < -0.3 is 14.0 Å². The summed E-state index contributed by atoms with van der Waals surface area (Å²) < 4.78 is 22.3. The van der Waals surface area contributed by atoms with E-state index in [9.17, 15) is 4.39 Å². The molecule has 4 nitrogen and oxygen atoms in total. The molecule has 387 valence electrons. The molecule has 1 spiro atoms. The molecule has 7 heteroatoms. The van der Waals surface area contributed by atoms with Crippen molar-refractivity contribution >= 4 is 46.2 Å². The molecule has 11 aromatic rings. The molecule has 0 atom stereocenters. The second-order valence-corrected chi connectivity index (χ2v) is 27.2. The van der Waals surface area contributed by atoms with Gasteiger partial charge in [0.2, 0.25) is 0 Å². The Hall–Kier alpha value is -7.02. The van der Waals surface area contributed by atoms with Crippen molar-refractivity contribution in [1.82, 2.24) is 14.5 Å². The van der Waals surface area contributed by atoms with Crippen molar-refractivity contribution in [2.24, 2.45) is 0 Å². The van der Waals surface area contributed by atoms with Gasteiger partial charge in [-0.25, -0.2) is 0 Å². The maximum Gasteiger partial charge on any atom is 0.121 e. The summed E-state index contributed by atoms with van der Waals surface area (Å²) in [5, 5.41) is 3.76. The van der Waals surface area contributed by atoms with E-state index in [1.165, 1.54) is 101 Å². The maximum atomic E-state index is 13.2. The average molecular weight is 1200 g/mol. The molecule has 0 unspecified atom stereocenters. The Bertz CT molecular complexity index is 3860. The van der Waals surface area contributed by atoms with E-state index in [2.05, 4.69) is 210 Å². The normalized spacial score (nSPS) is 14.7. The fourth-order valence-corrected chi connectivity index (χ4v) is 18.2. The number of furan rings is 1. The molecule has 2 aliphatic rings. The van der Waals surface area contributed by atoms with E-state index in [-0.39, 0.29) is 43.2 Å². The van der Waals surface area contributed by atoms with Gasteiger partial charge in [0, 0.05) is 43.2 Å². The number of hydrogen-bond donors (Lipinski definition) is 0. The zero-order chi connectivity index (χ0) is 52.1. The fraction of sp³-hybridized carbons (Fsp3) is 0.229. The van der Waals surface area contributed by atoms with Gasteiger partial charge in [-0.3, -0.25) is 9.37 Å². The minimum Gasteiger partial charge on any atom is -0.501 e. The Morgan fingerprint density at radius 1 is 0.623 bits per heavy atom. The van der Waals surface area contributed by atoms with Gasteiger partial charge in [-0.15, -0.1) is 48.0 Å². The first-order valence-electron chi connectivity index (χ1n) is 27.4. The number of nitrogens with zero attached hydrogens (tertiary/aromatic N) is 3. The van der Waals surface area contributed by atoms with Crippen LogP contribution in [-0.2, 0) is 25.5 Å². The van der Waals surface area contributed by atoms with E-state index < -0.39 is 8.07 Å². The number of imidazole rings is 1. The van der Waals surface area contributed by atoms with E-state index in [0.717, 1.165) is 66.7 Å². The Kier molecular flexibility index (Phi) is 14.5. The molecule has 0 saturated carbocycles. The van der Waals surface area contributed by atoms with Crippen LogP contribution in [-0.4, -0.2) is 22.6 Å². The van der Waals surface area contributed by atoms with Gasteiger partial charge in [-0.1, -0.05) is 205 Å². The summed E-state index contributed by atoms with van der Waals surface area (Å²) in [6, 6.07) is 71.7. The summed E-state index contributed by atoms with van der Waals surface area (Å²) in [7, 11) is -1.34. The maximum absolute atomic E-state index is 13.2. The van der Waals surface area contributed by atoms with Gasteiger partial charge >= 0.3 is 0 Å². The summed E-state index contributed by atoms with van der Waals surface area (Å²) in [6.07, 6.45) is 7.69. The zero-order valence-electron chi connectivity index (χ0n) is 44.9. The zero-order valence-corrected chi connectivity index (χ0v) is 48.3. The third kappa shape index (κ3) is 9.88. The van der Waals surface area contributed by atoms with Crippen molar-refractivity contribution in [1.29, 1.82) is 0 Å². The number of benzene rings is 8. The minimum absolute atomic E-state index is 0. The molecule has 3 aromatic heterocycles. The largest absolute Gasteiger partial charge is 0.501 e. The molecule has 0 N–H and O–H groups in total. The standard InChI is InChI=1S/C49H39N2O.C21H25FNSi.Ir/c1-31(2)42-28-38(36-24-22-35(23-25-36)33-14-7-5-8-15-33)29-43(32(3)4)47(42)51-45-21-12-11-20-44(45)50-49(51)41-19-13-18-40-39-27-26-37(30-46(39)52-48(40)41)34-16-9-6-10-17-34;1-21(2)10-13-24(11-4-3-5-12-24)20-15-23-19(14-18(20)21)16-6-8-17(22)9-7-16;/h5-18,20-32H,1-4H3;6,8-9,14-15H,3-5,10-13H2,1-2H3;/q2*-1;. The third-order valence-electron chi connectivity index (χ3n) is 16.6. The fourth-order valence-electron chi connectivity index (χ4n) is 12.3. The Labute approximate surface area is 467 Å². The first kappa shape index (κ1) is 52.1. The second kappa shape index (κ2) is 21.4. The Balaban J connectivity index is 0.000000211. The molecule has 1 fully saturated rings. The van der Waals surface area contributed by atoms with Crippen LogP contribution in [0.3, 0.4) is 0 Å². The van der Waals surface area contributed by atoms with Crippen molar-refractivity contribution in [2.45, 2.75) is 103 Å². The summed E-state index contributed by atoms with van der Waals surface area (Å²) in [6.45, 7) is 13.9. The molecule has 5 heterocycles. The second-order valence-electron chi connectivity index (χ2n) is 22.6. The number of hydrogen-bond acceptors (Lipinski definition) is 3. The number of aromatic nitrogens is 3. The van der Waals surface area contributed by atoms with Crippen LogP contribution in [0.4, 0.5) is 4.39 Å². The van der Waals surface area contributed by atoms with Crippen LogP contribution in [0.1, 0.15) is 95.8 Å². The number of para-hydroxylation sites is 2. The summed E-state index contributed by atoms with van der Waals surface area (Å²) in [5.74, 6) is 1.10. The molecule has 1 saturated heterocycles. The van der Waals surface area contributed by atoms with E-state index in [1.54, 1.807) is 11.3 Å². The molecule has 8 aromatic carbocycles. The van der Waals surface area contributed by atoms with Gasteiger partial charge in [0.25, 0.3) is 0 Å². The average Bonchev–Trinajstić information content (AvgIpc) is 4.13. The summed E-state index contributed by atoms with van der Waals surface area (Å²) >= 11 is 0. The van der Waals surface area contributed by atoms with Crippen LogP contribution in [0, 0.1) is 17.9 Å². The van der Waals surface area contributed by atoms with Crippen LogP contribution in [0.2, 0.25) is 18.1 Å². The van der Waals surface area contributed by atoms with Gasteiger partial charge in [-0.2, -0.15) is 0 Å². The number of fused-ring (bicyclic) bond motifs is 6. The van der Waals surface area contributed by atoms with Crippen molar-refractivity contribution in [3.05, 3.63) is 217 Å². The van der Waals surface area contributed by atoms with Gasteiger partial charge in [0.15, 0.2) is 0 Å². The molecule has 2 aliphatic heterocycles. The first-order chi connectivity index (χ1) is 36.9. The van der Waals surface area contributed by atoms with Crippen molar-refractivity contribution in [3.8, 4) is 61.7 Å². The SMILES string of the molecule is CC(C)c1cc(-c2ccc(-c3ccccc3)cc2)cc(C(C)C)c1-n1c(-c2[c-]ccc3c2oc2cc(-c4ccccc4)ccc23)nc2ccccc21.CC1(C)CC[Si]2(CCCCC2)c2cnc(-c3[c-]cc(F)cc3)cc21.[Ir]. The third-order valence-corrected chi connectivity index (χ3v) is 22.0. The molecular formula is C70H64FIrN3OSi-2. The molecule has 0 bridgehead atoms. The van der Waals surface area contributed by atoms with Gasteiger partial charge in [0.05, 0.1) is 30.5 Å². The van der Waals surface area contributed by atoms with E-state index in [0.29, 0.717) is 0 Å². The number of pyridine rings is 1. The van der Waals surface area contributed by atoms with E-state index >= 15 is 0 Å². The molecule has 77 heavy (non-hydrogen) atoms. The van der Waals surface area contributed by atoms with Crippen molar-refractivity contribution in [3.63, 3.8) is 0 Å². The molecule has 0 amide bonds. The predicted molar refractivity (Wildman–Crippen MR) is 317 cm³/mol. The summed E-state index contributed by atoms with van der Waals surface area (Å²) in [4.78, 5) is 10.1. The van der Waals surface area contributed by atoms with Crippen molar-refractivity contribution < 1.29 is 28.9 Å². The van der Waals surface area contributed by atoms with Crippen LogP contribution < -0.4 is 5.19 Å². The van der Waals surface area contributed by atoms with Crippen LogP contribution in [0.15, 0.2) is 187 Å². The first-order valence-corrected chi connectivity index (χ1v) is 30.0. The molecule has 0 aliphatic carbocycles.